The minimum Gasteiger partial charge on any atom is -0.452 e. The molecule has 1 aliphatic heterocycles. The van der Waals surface area contributed by atoms with Crippen LogP contribution in [0.4, 0.5) is 0 Å². The minimum atomic E-state index is -2.27. The van der Waals surface area contributed by atoms with Crippen LogP contribution in [-0.4, -0.2) is 20.9 Å². The molecule has 3 heterocycles. The highest BCUT2D eigenvalue weighted by Crippen LogP contribution is 2.50. The van der Waals surface area contributed by atoms with E-state index < -0.39 is 17.1 Å². The van der Waals surface area contributed by atoms with Crippen molar-refractivity contribution in [3.8, 4) is 12.1 Å². The first-order chi connectivity index (χ1) is 18.9. The Morgan fingerprint density at radius 3 is 2.21 bits per heavy atom. The third-order valence-corrected chi connectivity index (χ3v) is 7.69. The van der Waals surface area contributed by atoms with Crippen molar-refractivity contribution in [2.45, 2.75) is 5.79 Å². The highest BCUT2D eigenvalue weighted by atomic mass is 79.9. The maximum absolute atomic E-state index is 14.0. The number of nitriles is 2. The third kappa shape index (κ3) is 3.91. The predicted octanol–water partition coefficient (Wildman–Crippen LogP) is 6.99. The average Bonchev–Trinajstić information content (AvgIpc) is 3.63. The number of benzene rings is 3. The molecule has 6 rings (SSSR count). The number of ketones is 1. The summed E-state index contributed by atoms with van der Waals surface area (Å²) >= 11 is 6.90. The van der Waals surface area contributed by atoms with Crippen LogP contribution in [-0.2, 0) is 10.5 Å². The van der Waals surface area contributed by atoms with Crippen molar-refractivity contribution in [2.75, 3.05) is 0 Å². The zero-order valence-corrected chi connectivity index (χ0v) is 23.1. The SMILES string of the molecule is N#CC1=C(c2c[nH]c3ccc(Br)cc23)OC(O)(c2ccccc2)/C1=C(\C#N)C(=O)c1c[nH]c2ccc(Br)cc12. The number of carbonyl (C=O) groups excluding carboxylic acids is 1. The molecule has 0 aliphatic carbocycles. The van der Waals surface area contributed by atoms with E-state index in [1.807, 2.05) is 36.4 Å². The Bertz CT molecular complexity index is 1970. The Labute approximate surface area is 238 Å². The summed E-state index contributed by atoms with van der Waals surface area (Å²) in [4.78, 5) is 20.2. The van der Waals surface area contributed by atoms with Crippen LogP contribution in [0, 0.1) is 22.7 Å². The van der Waals surface area contributed by atoms with Gasteiger partial charge >= 0.3 is 0 Å². The summed E-state index contributed by atoms with van der Waals surface area (Å²) in [7, 11) is 0. The van der Waals surface area contributed by atoms with Gasteiger partial charge in [0, 0.05) is 59.8 Å². The topological polar surface area (TPSA) is 126 Å². The summed E-state index contributed by atoms with van der Waals surface area (Å²) in [5.41, 5.74) is 1.79. The summed E-state index contributed by atoms with van der Waals surface area (Å²) in [5.74, 6) is -2.86. The lowest BCUT2D eigenvalue weighted by atomic mass is 9.86. The van der Waals surface area contributed by atoms with Gasteiger partial charge in [0.2, 0.25) is 5.78 Å². The lowest BCUT2D eigenvalue weighted by Crippen LogP contribution is -2.29. The number of halogens is 2. The number of rotatable bonds is 4. The molecule has 1 atom stereocenters. The number of nitrogens with zero attached hydrogens (tertiary/aromatic N) is 2. The van der Waals surface area contributed by atoms with E-state index in [4.69, 9.17) is 4.74 Å². The first-order valence-electron chi connectivity index (χ1n) is 11.7. The molecule has 9 heteroatoms. The number of H-pyrrole nitrogens is 2. The molecule has 0 fully saturated rings. The van der Waals surface area contributed by atoms with Crippen LogP contribution in [0.2, 0.25) is 0 Å². The van der Waals surface area contributed by atoms with E-state index in [9.17, 15) is 20.4 Å². The molecule has 0 amide bonds. The van der Waals surface area contributed by atoms with Crippen molar-refractivity contribution in [1.29, 1.82) is 10.5 Å². The van der Waals surface area contributed by atoms with E-state index in [2.05, 4.69) is 47.9 Å². The van der Waals surface area contributed by atoms with Gasteiger partial charge in [-0.15, -0.1) is 0 Å². The van der Waals surface area contributed by atoms with Crippen LogP contribution in [0.25, 0.3) is 27.6 Å². The minimum absolute atomic E-state index is 0.0606. The van der Waals surface area contributed by atoms with Crippen LogP contribution < -0.4 is 0 Å². The molecule has 0 spiro atoms. The normalized spacial score (nSPS) is 18.2. The molecule has 5 aromatic rings. The van der Waals surface area contributed by atoms with Gasteiger partial charge in [-0.1, -0.05) is 62.2 Å². The van der Waals surface area contributed by atoms with Crippen LogP contribution in [0.1, 0.15) is 21.5 Å². The number of fused-ring (bicyclic) bond motifs is 2. The largest absolute Gasteiger partial charge is 0.452 e. The van der Waals surface area contributed by atoms with Crippen LogP contribution >= 0.6 is 31.9 Å². The Hall–Kier alpha value is -4.41. The van der Waals surface area contributed by atoms with E-state index >= 15 is 0 Å². The molecular weight excluding hydrogens is 624 g/mol. The van der Waals surface area contributed by atoms with Crippen molar-refractivity contribution in [3.05, 3.63) is 121 Å². The number of aromatic amines is 2. The molecule has 7 nitrogen and oxygen atoms in total. The number of aliphatic hydroxyl groups is 1. The van der Waals surface area contributed by atoms with Crippen molar-refractivity contribution in [3.63, 3.8) is 0 Å². The van der Waals surface area contributed by atoms with Gasteiger partial charge in [0.25, 0.3) is 5.79 Å². The predicted molar refractivity (Wildman–Crippen MR) is 153 cm³/mol. The van der Waals surface area contributed by atoms with Crippen molar-refractivity contribution in [2.24, 2.45) is 0 Å². The zero-order chi connectivity index (χ0) is 27.3. The fraction of sp³-hybridized carbons (Fsp3) is 0.0333. The average molecular weight is 640 g/mol. The number of nitrogens with one attached hydrogen (secondary N) is 2. The number of hydrogen-bond donors (Lipinski definition) is 3. The molecule has 0 saturated heterocycles. The standard InChI is InChI=1S/C30H16Br2N4O3/c31-17-6-8-25-19(10-17)23(14-35-25)28(37)21(12-33)27-22(13-34)29(39-30(27,38)16-4-2-1-3-5-16)24-15-36-26-9-7-18(32)11-20(24)26/h1-11,14-15,35-36,38H/b27-21+. The van der Waals surface area contributed by atoms with Gasteiger partial charge in [-0.05, 0) is 36.4 Å². The summed E-state index contributed by atoms with van der Waals surface area (Å²) in [6, 6.07) is 23.5. The van der Waals surface area contributed by atoms with Gasteiger partial charge < -0.3 is 19.8 Å². The van der Waals surface area contributed by atoms with Crippen LogP contribution in [0.5, 0.6) is 0 Å². The molecule has 0 bridgehead atoms. The second-order valence-corrected chi connectivity index (χ2v) is 10.7. The lowest BCUT2D eigenvalue weighted by Gasteiger charge is -2.26. The number of aromatic nitrogens is 2. The lowest BCUT2D eigenvalue weighted by molar-refractivity contribution is -0.120. The van der Waals surface area contributed by atoms with Crippen molar-refractivity contribution in [1.82, 2.24) is 9.97 Å². The first kappa shape index (κ1) is 24.9. The fourth-order valence-corrected chi connectivity index (χ4v) is 5.63. The Morgan fingerprint density at radius 1 is 0.897 bits per heavy atom. The second-order valence-electron chi connectivity index (χ2n) is 8.90. The van der Waals surface area contributed by atoms with Gasteiger partial charge in [0.1, 0.15) is 23.3 Å². The third-order valence-electron chi connectivity index (χ3n) is 6.71. The first-order valence-corrected chi connectivity index (χ1v) is 13.3. The number of hydrogen-bond acceptors (Lipinski definition) is 5. The molecule has 1 aliphatic rings. The van der Waals surface area contributed by atoms with Crippen LogP contribution in [0.3, 0.4) is 0 Å². The number of carbonyl (C=O) groups is 1. The summed E-state index contributed by atoms with van der Waals surface area (Å²) < 4.78 is 7.76. The monoisotopic (exact) mass is 638 g/mol. The molecule has 0 saturated carbocycles. The van der Waals surface area contributed by atoms with Gasteiger partial charge in [-0.2, -0.15) is 10.5 Å². The second kappa shape index (κ2) is 9.40. The summed E-state index contributed by atoms with van der Waals surface area (Å²) in [6.07, 6.45) is 3.19. The highest BCUT2D eigenvalue weighted by molar-refractivity contribution is 9.10. The quantitative estimate of drug-likeness (QED) is 0.111. The summed E-state index contributed by atoms with van der Waals surface area (Å²) in [5, 5.41) is 34.2. The molecule has 3 aromatic carbocycles. The molecular formula is C30H16Br2N4O3. The molecule has 2 aromatic heterocycles. The van der Waals surface area contributed by atoms with Crippen molar-refractivity contribution >= 4 is 65.2 Å². The summed E-state index contributed by atoms with van der Waals surface area (Å²) in [6.45, 7) is 0. The number of Topliss-reactive ketones (excluding diaryl/α,β-unsaturated/α-hetero) is 1. The van der Waals surface area contributed by atoms with E-state index in [0.717, 1.165) is 19.8 Å². The molecule has 39 heavy (non-hydrogen) atoms. The molecule has 3 N–H and O–H groups in total. The Balaban J connectivity index is 1.65. The number of allylic oxidation sites excluding steroid dienone is 1. The van der Waals surface area contributed by atoms with E-state index in [0.29, 0.717) is 16.5 Å². The van der Waals surface area contributed by atoms with Gasteiger partial charge in [-0.25, -0.2) is 0 Å². The van der Waals surface area contributed by atoms with E-state index in [1.54, 1.807) is 42.6 Å². The Morgan fingerprint density at radius 2 is 1.54 bits per heavy atom. The van der Waals surface area contributed by atoms with E-state index in [1.165, 1.54) is 6.20 Å². The molecule has 0 radical (unpaired) electrons. The fourth-order valence-electron chi connectivity index (χ4n) is 4.91. The number of ether oxygens (including phenoxy) is 1. The molecule has 188 valence electrons. The van der Waals surface area contributed by atoms with Gasteiger partial charge in [0.15, 0.2) is 5.76 Å². The maximum Gasteiger partial charge on any atom is 0.264 e. The highest BCUT2D eigenvalue weighted by Gasteiger charge is 2.50. The van der Waals surface area contributed by atoms with Gasteiger partial charge in [-0.3, -0.25) is 4.79 Å². The van der Waals surface area contributed by atoms with Crippen molar-refractivity contribution < 1.29 is 14.6 Å². The maximum atomic E-state index is 14.0. The smallest absolute Gasteiger partial charge is 0.264 e. The van der Waals surface area contributed by atoms with Gasteiger partial charge in [0.05, 0.1) is 5.57 Å². The Kier molecular flexibility index (Phi) is 6.00. The van der Waals surface area contributed by atoms with Crippen LogP contribution in [0.15, 0.2) is 105 Å². The zero-order valence-electron chi connectivity index (χ0n) is 19.9. The molecule has 1 unspecified atom stereocenters. The van der Waals surface area contributed by atoms with E-state index in [-0.39, 0.29) is 28.0 Å².